The minimum absolute atomic E-state index is 0.163. The number of benzene rings is 2. The lowest BCUT2D eigenvalue weighted by atomic mass is 9.80. The van der Waals surface area contributed by atoms with E-state index >= 15 is 0 Å². The summed E-state index contributed by atoms with van der Waals surface area (Å²) in [5.41, 5.74) is 2.14. The Morgan fingerprint density at radius 2 is 1.24 bits per heavy atom. The molecule has 0 amide bonds. The van der Waals surface area contributed by atoms with Gasteiger partial charge in [0.15, 0.2) is 5.11 Å². The average Bonchev–Trinajstić information content (AvgIpc) is 2.79. The van der Waals surface area contributed by atoms with Gasteiger partial charge in [0.1, 0.15) is 4.75 Å². The van der Waals surface area contributed by atoms with Crippen molar-refractivity contribution in [3.8, 4) is 0 Å². The molecule has 0 aromatic heterocycles. The van der Waals surface area contributed by atoms with Crippen LogP contribution >= 0.6 is 12.2 Å². The van der Waals surface area contributed by atoms with Crippen molar-refractivity contribution in [1.29, 1.82) is 0 Å². The molecule has 0 aliphatic heterocycles. The summed E-state index contributed by atoms with van der Waals surface area (Å²) in [7, 11) is -4.23. The molecule has 0 fully saturated rings. The zero-order chi connectivity index (χ0) is 24.4. The minimum Gasteiger partial charge on any atom is -0.363 e. The standard InChI is InChI=1S/C26H38N2O3S2/c1-25(2,22-14-6-4-7-15-22)18-10-12-20-27-24(32)28-21-13-11-19-26(3,33(29,30)31)23-16-8-5-9-17-23/h4-9,14-17H,10-13,18-21H2,1-3H3,(H2,27,28,32)(H,29,30,31). The molecule has 0 aliphatic carbocycles. The van der Waals surface area contributed by atoms with Gasteiger partial charge in [0.25, 0.3) is 10.1 Å². The second-order valence-electron chi connectivity index (χ2n) is 9.42. The molecule has 2 aromatic carbocycles. The highest BCUT2D eigenvalue weighted by Gasteiger charge is 2.39. The largest absolute Gasteiger partial charge is 0.363 e. The van der Waals surface area contributed by atoms with Crippen LogP contribution in [-0.2, 0) is 20.3 Å². The Balaban J connectivity index is 1.63. The smallest absolute Gasteiger partial charge is 0.274 e. The summed E-state index contributed by atoms with van der Waals surface area (Å²) in [6.45, 7) is 7.63. The predicted molar refractivity (Wildman–Crippen MR) is 141 cm³/mol. The Morgan fingerprint density at radius 1 is 0.788 bits per heavy atom. The van der Waals surface area contributed by atoms with Gasteiger partial charge in [-0.3, -0.25) is 4.55 Å². The normalized spacial score (nSPS) is 13.8. The lowest BCUT2D eigenvalue weighted by molar-refractivity contribution is 0.416. The molecular weight excluding hydrogens is 452 g/mol. The summed E-state index contributed by atoms with van der Waals surface area (Å²) in [6, 6.07) is 19.5. The van der Waals surface area contributed by atoms with Gasteiger partial charge in [0.2, 0.25) is 0 Å². The maximum absolute atomic E-state index is 12.0. The Labute approximate surface area is 205 Å². The lowest BCUT2D eigenvalue weighted by Crippen LogP contribution is -2.36. The molecule has 1 unspecified atom stereocenters. The van der Waals surface area contributed by atoms with Crippen molar-refractivity contribution in [1.82, 2.24) is 10.6 Å². The molecule has 5 nitrogen and oxygen atoms in total. The van der Waals surface area contributed by atoms with Crippen LogP contribution in [0.25, 0.3) is 0 Å². The van der Waals surface area contributed by atoms with Gasteiger partial charge in [-0.05, 0) is 67.8 Å². The molecule has 33 heavy (non-hydrogen) atoms. The van der Waals surface area contributed by atoms with Crippen LogP contribution in [0.5, 0.6) is 0 Å². The van der Waals surface area contributed by atoms with E-state index in [1.54, 1.807) is 31.2 Å². The Kier molecular flexibility index (Phi) is 10.3. The maximum Gasteiger partial charge on any atom is 0.274 e. The molecule has 0 radical (unpaired) electrons. The third-order valence-corrected chi connectivity index (χ3v) is 8.26. The summed E-state index contributed by atoms with van der Waals surface area (Å²) < 4.78 is 32.6. The van der Waals surface area contributed by atoms with Crippen LogP contribution in [0.1, 0.15) is 70.4 Å². The lowest BCUT2D eigenvalue weighted by Gasteiger charge is -2.27. The van der Waals surface area contributed by atoms with Gasteiger partial charge >= 0.3 is 0 Å². The number of unbranched alkanes of at least 4 members (excludes halogenated alkanes) is 2. The second kappa shape index (κ2) is 12.5. The summed E-state index contributed by atoms with van der Waals surface area (Å²) in [6.07, 6.45) is 5.02. The van der Waals surface area contributed by atoms with Crippen LogP contribution in [-0.4, -0.2) is 31.2 Å². The van der Waals surface area contributed by atoms with E-state index in [1.807, 2.05) is 12.1 Å². The van der Waals surface area contributed by atoms with Crippen molar-refractivity contribution < 1.29 is 13.0 Å². The average molecular weight is 491 g/mol. The van der Waals surface area contributed by atoms with Crippen LogP contribution in [0.2, 0.25) is 0 Å². The van der Waals surface area contributed by atoms with E-state index in [2.05, 4.69) is 48.7 Å². The molecule has 0 aliphatic rings. The van der Waals surface area contributed by atoms with E-state index in [0.29, 0.717) is 30.1 Å². The van der Waals surface area contributed by atoms with Gasteiger partial charge in [0, 0.05) is 13.1 Å². The molecule has 0 spiro atoms. The molecule has 0 heterocycles. The Morgan fingerprint density at radius 3 is 1.73 bits per heavy atom. The number of thiocarbonyl (C=S) groups is 1. The third-order valence-electron chi connectivity index (χ3n) is 6.39. The number of hydrogen-bond acceptors (Lipinski definition) is 3. The van der Waals surface area contributed by atoms with Crippen LogP contribution in [0.3, 0.4) is 0 Å². The van der Waals surface area contributed by atoms with Gasteiger partial charge in [-0.1, -0.05) is 80.9 Å². The molecule has 2 rings (SSSR count). The Hall–Kier alpha value is -1.96. The van der Waals surface area contributed by atoms with Crippen LogP contribution in [0, 0.1) is 0 Å². The van der Waals surface area contributed by atoms with Crippen LogP contribution < -0.4 is 10.6 Å². The van der Waals surface area contributed by atoms with Gasteiger partial charge in [-0.15, -0.1) is 0 Å². The summed E-state index contributed by atoms with van der Waals surface area (Å²) in [5, 5.41) is 7.06. The first-order valence-corrected chi connectivity index (χ1v) is 13.5. The highest BCUT2D eigenvalue weighted by molar-refractivity contribution is 7.86. The number of rotatable bonds is 13. The summed E-state index contributed by atoms with van der Waals surface area (Å²) >= 11 is 5.35. The number of hydrogen-bond donors (Lipinski definition) is 3. The minimum atomic E-state index is -4.23. The third kappa shape index (κ3) is 8.40. The van der Waals surface area contributed by atoms with E-state index in [-0.39, 0.29) is 5.41 Å². The van der Waals surface area contributed by atoms with Gasteiger partial charge in [-0.25, -0.2) is 0 Å². The van der Waals surface area contributed by atoms with E-state index < -0.39 is 14.9 Å². The molecule has 0 bridgehead atoms. The maximum atomic E-state index is 12.0. The topological polar surface area (TPSA) is 78.4 Å². The van der Waals surface area contributed by atoms with E-state index in [9.17, 15) is 13.0 Å². The van der Waals surface area contributed by atoms with E-state index in [1.165, 1.54) is 5.56 Å². The molecule has 0 saturated heterocycles. The molecule has 3 N–H and O–H groups in total. The molecule has 0 saturated carbocycles. The fourth-order valence-electron chi connectivity index (χ4n) is 3.99. The van der Waals surface area contributed by atoms with Crippen molar-refractivity contribution in [2.45, 2.75) is 69.5 Å². The van der Waals surface area contributed by atoms with Crippen LogP contribution in [0.15, 0.2) is 60.7 Å². The zero-order valence-corrected chi connectivity index (χ0v) is 21.6. The fourth-order valence-corrected chi connectivity index (χ4v) is 5.03. The Bertz CT molecular complexity index is 964. The molecule has 7 heteroatoms. The monoisotopic (exact) mass is 490 g/mol. The van der Waals surface area contributed by atoms with Crippen LogP contribution in [0.4, 0.5) is 0 Å². The molecular formula is C26H38N2O3S2. The quantitative estimate of drug-likeness (QED) is 0.193. The second-order valence-corrected chi connectivity index (χ2v) is 11.7. The van der Waals surface area contributed by atoms with Gasteiger partial charge < -0.3 is 10.6 Å². The fraction of sp³-hybridized carbons (Fsp3) is 0.500. The van der Waals surface area contributed by atoms with Crippen molar-refractivity contribution in [2.24, 2.45) is 0 Å². The summed E-state index contributed by atoms with van der Waals surface area (Å²) in [5.74, 6) is 0. The highest BCUT2D eigenvalue weighted by atomic mass is 32.2. The van der Waals surface area contributed by atoms with Gasteiger partial charge in [0.05, 0.1) is 0 Å². The zero-order valence-electron chi connectivity index (χ0n) is 20.0. The van der Waals surface area contributed by atoms with Crippen molar-refractivity contribution in [2.75, 3.05) is 13.1 Å². The first kappa shape index (κ1) is 27.3. The van der Waals surface area contributed by atoms with Gasteiger partial charge in [-0.2, -0.15) is 8.42 Å². The van der Waals surface area contributed by atoms with Crippen molar-refractivity contribution in [3.05, 3.63) is 71.8 Å². The highest BCUT2D eigenvalue weighted by Crippen LogP contribution is 2.34. The van der Waals surface area contributed by atoms with Crippen molar-refractivity contribution in [3.63, 3.8) is 0 Å². The SMILES string of the molecule is CC(C)(CCCCNC(=S)NCCCCC(C)(c1ccccc1)S(=O)(=O)O)c1ccccc1. The summed E-state index contributed by atoms with van der Waals surface area (Å²) in [4.78, 5) is 0. The predicted octanol–water partition coefficient (Wildman–Crippen LogP) is 5.57. The molecule has 1 atom stereocenters. The van der Waals surface area contributed by atoms with E-state index in [0.717, 1.165) is 32.2 Å². The molecule has 2 aromatic rings. The first-order valence-electron chi connectivity index (χ1n) is 11.7. The number of nitrogens with one attached hydrogen (secondary N) is 2. The first-order chi connectivity index (χ1) is 15.6. The molecule has 182 valence electrons. The van der Waals surface area contributed by atoms with Crippen molar-refractivity contribution >= 4 is 27.4 Å². The van der Waals surface area contributed by atoms with E-state index in [4.69, 9.17) is 12.2 Å².